The molecule has 1 aromatic carbocycles. The molecule has 17 heavy (non-hydrogen) atoms. The molecule has 0 saturated carbocycles. The van der Waals surface area contributed by atoms with Crippen molar-refractivity contribution in [2.45, 2.75) is 6.42 Å². The van der Waals surface area contributed by atoms with E-state index in [9.17, 15) is 13.2 Å². The SMILES string of the molecule is C#CCc1cn(-c2cc(F)c(F)c(F)c2)nn1. The molecule has 0 unspecified atom stereocenters. The quantitative estimate of drug-likeness (QED) is 0.589. The highest BCUT2D eigenvalue weighted by Crippen LogP contribution is 2.16. The van der Waals surface area contributed by atoms with Crippen LogP contribution in [0.5, 0.6) is 0 Å². The molecule has 0 fully saturated rings. The summed E-state index contributed by atoms with van der Waals surface area (Å²) < 4.78 is 39.8. The molecule has 0 saturated heterocycles. The van der Waals surface area contributed by atoms with Crippen LogP contribution in [0.15, 0.2) is 18.3 Å². The Kier molecular flexibility index (Phi) is 2.83. The van der Waals surface area contributed by atoms with E-state index in [1.165, 1.54) is 6.20 Å². The molecule has 0 spiro atoms. The Hall–Kier alpha value is -2.29. The molecule has 3 nitrogen and oxygen atoms in total. The van der Waals surface area contributed by atoms with E-state index in [0.717, 1.165) is 16.8 Å². The van der Waals surface area contributed by atoms with Crippen LogP contribution in [-0.2, 0) is 6.42 Å². The fourth-order valence-electron chi connectivity index (χ4n) is 1.28. The maximum Gasteiger partial charge on any atom is 0.194 e. The maximum absolute atomic E-state index is 13.0. The number of nitrogens with zero attached hydrogens (tertiary/aromatic N) is 3. The summed E-state index contributed by atoms with van der Waals surface area (Å²) in [5, 5.41) is 7.33. The lowest BCUT2D eigenvalue weighted by atomic mass is 10.3. The third-order valence-corrected chi connectivity index (χ3v) is 2.06. The molecule has 2 aromatic rings. The lowest BCUT2D eigenvalue weighted by Gasteiger charge is -2.01. The van der Waals surface area contributed by atoms with Crippen molar-refractivity contribution < 1.29 is 13.2 Å². The van der Waals surface area contributed by atoms with Crippen molar-refractivity contribution in [3.63, 3.8) is 0 Å². The van der Waals surface area contributed by atoms with Gasteiger partial charge in [0.05, 0.1) is 24.0 Å². The first-order valence-corrected chi connectivity index (χ1v) is 4.61. The van der Waals surface area contributed by atoms with Gasteiger partial charge < -0.3 is 0 Å². The fraction of sp³-hybridized carbons (Fsp3) is 0.0909. The lowest BCUT2D eigenvalue weighted by molar-refractivity contribution is 0.446. The summed E-state index contributed by atoms with van der Waals surface area (Å²) in [6.45, 7) is 0. The topological polar surface area (TPSA) is 30.7 Å². The molecule has 0 bridgehead atoms. The van der Waals surface area contributed by atoms with Crippen LogP contribution in [0.3, 0.4) is 0 Å². The van der Waals surface area contributed by atoms with Gasteiger partial charge in [0.1, 0.15) is 0 Å². The first kappa shape index (κ1) is 11.2. The summed E-state index contributed by atoms with van der Waals surface area (Å²) in [4.78, 5) is 0. The summed E-state index contributed by atoms with van der Waals surface area (Å²) in [7, 11) is 0. The minimum Gasteiger partial charge on any atom is -0.220 e. The van der Waals surface area contributed by atoms with E-state index in [1.54, 1.807) is 0 Å². The number of hydrogen-bond donors (Lipinski definition) is 0. The minimum atomic E-state index is -1.52. The van der Waals surface area contributed by atoms with Gasteiger partial charge in [0.25, 0.3) is 0 Å². The van der Waals surface area contributed by atoms with Gasteiger partial charge in [-0.25, -0.2) is 17.9 Å². The van der Waals surface area contributed by atoms with Crippen molar-refractivity contribution in [1.29, 1.82) is 0 Å². The number of halogens is 3. The van der Waals surface area contributed by atoms with E-state index in [1.807, 2.05) is 0 Å². The molecule has 0 aliphatic heterocycles. The lowest BCUT2D eigenvalue weighted by Crippen LogP contribution is -1.99. The van der Waals surface area contributed by atoms with Gasteiger partial charge in [0, 0.05) is 12.1 Å². The smallest absolute Gasteiger partial charge is 0.194 e. The first-order valence-electron chi connectivity index (χ1n) is 4.61. The van der Waals surface area contributed by atoms with E-state index in [2.05, 4.69) is 16.2 Å². The highest BCUT2D eigenvalue weighted by Gasteiger charge is 2.12. The zero-order valence-electron chi connectivity index (χ0n) is 8.49. The molecule has 2 rings (SSSR count). The van der Waals surface area contributed by atoms with Crippen molar-refractivity contribution in [2.24, 2.45) is 0 Å². The van der Waals surface area contributed by atoms with Crippen molar-refractivity contribution in [2.75, 3.05) is 0 Å². The molecule has 86 valence electrons. The van der Waals surface area contributed by atoms with Crippen LogP contribution in [-0.4, -0.2) is 15.0 Å². The van der Waals surface area contributed by atoms with Gasteiger partial charge in [-0.3, -0.25) is 0 Å². The van der Waals surface area contributed by atoms with Gasteiger partial charge in [0.2, 0.25) is 0 Å². The third kappa shape index (κ3) is 2.13. The van der Waals surface area contributed by atoms with Gasteiger partial charge in [-0.1, -0.05) is 5.21 Å². The summed E-state index contributed by atoms with van der Waals surface area (Å²) in [6, 6.07) is 1.65. The second-order valence-electron chi connectivity index (χ2n) is 3.26. The van der Waals surface area contributed by atoms with Gasteiger partial charge in [-0.05, 0) is 0 Å². The molecule has 1 aromatic heterocycles. The predicted octanol–water partition coefficient (Wildman–Crippen LogP) is 1.86. The first-order chi connectivity index (χ1) is 8.11. The number of terminal acetylenes is 1. The monoisotopic (exact) mass is 237 g/mol. The zero-order chi connectivity index (χ0) is 12.4. The standard InChI is InChI=1S/C11H6F3N3/c1-2-3-7-6-17(16-15-7)8-4-9(12)11(14)10(13)5-8/h1,4-6H,3H2. The largest absolute Gasteiger partial charge is 0.220 e. The zero-order valence-corrected chi connectivity index (χ0v) is 8.49. The Bertz CT molecular complexity index is 575. The minimum absolute atomic E-state index is 0.0390. The fourth-order valence-corrected chi connectivity index (χ4v) is 1.28. The average molecular weight is 237 g/mol. The predicted molar refractivity (Wildman–Crippen MR) is 53.8 cm³/mol. The summed E-state index contributed by atoms with van der Waals surface area (Å²) in [5.41, 5.74) is 0.523. The Morgan fingerprint density at radius 3 is 2.47 bits per heavy atom. The molecular formula is C11H6F3N3. The van der Waals surface area contributed by atoms with Crippen molar-refractivity contribution in [3.05, 3.63) is 41.5 Å². The van der Waals surface area contributed by atoms with E-state index in [4.69, 9.17) is 6.42 Å². The summed E-state index contributed by atoms with van der Waals surface area (Å²) in [5.74, 6) is -1.73. The summed E-state index contributed by atoms with van der Waals surface area (Å²) >= 11 is 0. The van der Waals surface area contributed by atoms with Crippen LogP contribution in [0.4, 0.5) is 13.2 Å². The molecule has 0 atom stereocenters. The average Bonchev–Trinajstić information content (AvgIpc) is 2.74. The van der Waals surface area contributed by atoms with Gasteiger partial charge in [-0.2, -0.15) is 0 Å². The normalized spacial score (nSPS) is 10.2. The Morgan fingerprint density at radius 2 is 1.88 bits per heavy atom. The van der Waals surface area contributed by atoms with E-state index >= 15 is 0 Å². The van der Waals surface area contributed by atoms with Crippen LogP contribution in [0.2, 0.25) is 0 Å². The van der Waals surface area contributed by atoms with Crippen molar-refractivity contribution in [3.8, 4) is 18.0 Å². The van der Waals surface area contributed by atoms with E-state index in [-0.39, 0.29) is 12.1 Å². The number of rotatable bonds is 2. The highest BCUT2D eigenvalue weighted by molar-refractivity contribution is 5.32. The van der Waals surface area contributed by atoms with Crippen LogP contribution in [0, 0.1) is 29.8 Å². The Morgan fingerprint density at radius 1 is 1.24 bits per heavy atom. The van der Waals surface area contributed by atoms with Crippen LogP contribution in [0.1, 0.15) is 5.69 Å². The molecule has 0 aliphatic rings. The Balaban J connectivity index is 2.43. The molecule has 6 heteroatoms. The van der Waals surface area contributed by atoms with Gasteiger partial charge in [0.15, 0.2) is 17.5 Å². The number of hydrogen-bond acceptors (Lipinski definition) is 2. The van der Waals surface area contributed by atoms with Crippen LogP contribution >= 0.6 is 0 Å². The molecule has 0 N–H and O–H groups in total. The van der Waals surface area contributed by atoms with Crippen molar-refractivity contribution in [1.82, 2.24) is 15.0 Å². The third-order valence-electron chi connectivity index (χ3n) is 2.06. The number of benzene rings is 1. The molecular weight excluding hydrogens is 231 g/mol. The van der Waals surface area contributed by atoms with Gasteiger partial charge >= 0.3 is 0 Å². The molecule has 0 aliphatic carbocycles. The van der Waals surface area contributed by atoms with E-state index < -0.39 is 17.5 Å². The molecule has 1 heterocycles. The molecule has 0 amide bonds. The highest BCUT2D eigenvalue weighted by atomic mass is 19.2. The number of aromatic nitrogens is 3. The van der Waals surface area contributed by atoms with Crippen LogP contribution < -0.4 is 0 Å². The van der Waals surface area contributed by atoms with Crippen molar-refractivity contribution >= 4 is 0 Å². The Labute approximate surface area is 94.9 Å². The second kappa shape index (κ2) is 4.29. The maximum atomic E-state index is 13.0. The molecule has 0 radical (unpaired) electrons. The second-order valence-corrected chi connectivity index (χ2v) is 3.26. The van der Waals surface area contributed by atoms with Gasteiger partial charge in [-0.15, -0.1) is 17.4 Å². The van der Waals surface area contributed by atoms with Crippen LogP contribution in [0.25, 0.3) is 5.69 Å². The van der Waals surface area contributed by atoms with E-state index in [0.29, 0.717) is 5.69 Å². The summed E-state index contributed by atoms with van der Waals surface area (Å²) in [6.07, 6.45) is 6.76.